The molecule has 176 valence electrons. The van der Waals surface area contributed by atoms with Crippen molar-refractivity contribution >= 4 is 11.5 Å². The monoisotopic (exact) mass is 447 g/mol. The van der Waals surface area contributed by atoms with E-state index < -0.39 is 0 Å². The summed E-state index contributed by atoms with van der Waals surface area (Å²) >= 11 is 0. The van der Waals surface area contributed by atoms with Crippen LogP contribution in [0.15, 0.2) is 59.2 Å². The fourth-order valence-electron chi connectivity index (χ4n) is 7.44. The molecule has 0 amide bonds. The highest BCUT2D eigenvalue weighted by atomic mass is 16.3. The van der Waals surface area contributed by atoms with Crippen molar-refractivity contribution in [3.05, 3.63) is 64.8 Å². The van der Waals surface area contributed by atoms with Gasteiger partial charge in [0.2, 0.25) is 0 Å². The van der Waals surface area contributed by atoms with Gasteiger partial charge < -0.3 is 15.1 Å². The Morgan fingerprint density at radius 3 is 2.61 bits per heavy atom. The number of carbonyl (C=O) groups excluding carboxylic acids is 1. The highest BCUT2D eigenvalue weighted by Crippen LogP contribution is 2.65. The van der Waals surface area contributed by atoms with Gasteiger partial charge in [0.25, 0.3) is 0 Å². The van der Waals surface area contributed by atoms with Gasteiger partial charge in [-0.2, -0.15) is 0 Å². The third-order valence-corrected chi connectivity index (χ3v) is 9.08. The van der Waals surface area contributed by atoms with Crippen LogP contribution in [0.1, 0.15) is 56.9 Å². The Labute approximate surface area is 197 Å². The van der Waals surface area contributed by atoms with Crippen LogP contribution in [-0.2, 0) is 4.79 Å². The van der Waals surface area contributed by atoms with Gasteiger partial charge in [-0.3, -0.25) is 4.79 Å². The van der Waals surface area contributed by atoms with Crippen molar-refractivity contribution < 1.29 is 15.0 Å². The summed E-state index contributed by atoms with van der Waals surface area (Å²) in [6.07, 6.45) is 10.8. The van der Waals surface area contributed by atoms with E-state index in [1.807, 2.05) is 12.2 Å². The van der Waals surface area contributed by atoms with Crippen molar-refractivity contribution in [3.63, 3.8) is 0 Å². The normalized spacial score (nSPS) is 35.8. The molecule has 4 aliphatic carbocycles. The standard InChI is InChI=1S/C29H37NO3/c1-29-17-24(18-6-8-21(9-7-18)30(2)3)28-23-11-10-22(32)16-20(23)15-19(5-4-14-31)27(28)25(29)12-13-26(29)33/h4-9,16,19,24-27,31,33H,10-15,17H2,1-3H3/b5-4-/t19-,24?,25+,26+,27+,29+/m1/s1. The number of fused-ring (bicyclic) bond motifs is 4. The van der Waals surface area contributed by atoms with E-state index in [1.54, 1.807) is 0 Å². The number of rotatable bonds is 4. The van der Waals surface area contributed by atoms with E-state index in [4.69, 9.17) is 0 Å². The average Bonchev–Trinajstić information content (AvgIpc) is 3.10. The predicted molar refractivity (Wildman–Crippen MR) is 132 cm³/mol. The topological polar surface area (TPSA) is 60.8 Å². The van der Waals surface area contributed by atoms with E-state index in [0.717, 1.165) is 32.1 Å². The lowest BCUT2D eigenvalue weighted by Gasteiger charge is -2.54. The smallest absolute Gasteiger partial charge is 0.156 e. The van der Waals surface area contributed by atoms with Crippen LogP contribution in [-0.4, -0.2) is 42.8 Å². The summed E-state index contributed by atoms with van der Waals surface area (Å²) in [7, 11) is 4.12. The minimum atomic E-state index is -0.273. The number of ketones is 1. The Hall–Kier alpha value is -2.17. The third kappa shape index (κ3) is 3.72. The Morgan fingerprint density at radius 1 is 1.15 bits per heavy atom. The van der Waals surface area contributed by atoms with Gasteiger partial charge in [-0.1, -0.05) is 36.8 Å². The second-order valence-electron chi connectivity index (χ2n) is 11.0. The second kappa shape index (κ2) is 8.56. The number of nitrogens with zero attached hydrogens (tertiary/aromatic N) is 1. The quantitative estimate of drug-likeness (QED) is 0.652. The summed E-state index contributed by atoms with van der Waals surface area (Å²) in [4.78, 5) is 14.5. The highest BCUT2D eigenvalue weighted by molar-refractivity contribution is 5.93. The van der Waals surface area contributed by atoms with Crippen LogP contribution in [0.25, 0.3) is 0 Å². The Bertz CT molecular complexity index is 1020. The van der Waals surface area contributed by atoms with Gasteiger partial charge in [0, 0.05) is 32.1 Å². The van der Waals surface area contributed by atoms with Gasteiger partial charge in [0.1, 0.15) is 0 Å². The number of allylic oxidation sites excluding steroid dienone is 5. The summed E-state index contributed by atoms with van der Waals surface area (Å²) in [5.74, 6) is 1.52. The maximum atomic E-state index is 12.3. The largest absolute Gasteiger partial charge is 0.393 e. The minimum absolute atomic E-state index is 0.0348. The summed E-state index contributed by atoms with van der Waals surface area (Å²) in [5, 5.41) is 20.7. The molecule has 0 radical (unpaired) electrons. The van der Waals surface area contributed by atoms with Crippen molar-refractivity contribution in [3.8, 4) is 0 Å². The first kappa shape index (κ1) is 22.6. The first-order valence-electron chi connectivity index (χ1n) is 12.5. The molecule has 0 heterocycles. The van der Waals surface area contributed by atoms with Gasteiger partial charge in [0.05, 0.1) is 12.7 Å². The van der Waals surface area contributed by atoms with E-state index >= 15 is 0 Å². The van der Waals surface area contributed by atoms with Crippen LogP contribution in [0.3, 0.4) is 0 Å². The molecule has 0 spiro atoms. The molecule has 33 heavy (non-hydrogen) atoms. The average molecular weight is 448 g/mol. The molecule has 5 rings (SSSR count). The third-order valence-electron chi connectivity index (χ3n) is 9.08. The molecule has 0 aromatic heterocycles. The number of anilines is 1. The molecule has 2 fully saturated rings. The Kier molecular flexibility index (Phi) is 5.86. The molecule has 2 saturated carbocycles. The van der Waals surface area contributed by atoms with Crippen molar-refractivity contribution in [1.29, 1.82) is 0 Å². The summed E-state index contributed by atoms with van der Waals surface area (Å²) < 4.78 is 0. The maximum absolute atomic E-state index is 12.3. The van der Waals surface area contributed by atoms with Gasteiger partial charge in [-0.15, -0.1) is 0 Å². The van der Waals surface area contributed by atoms with Crippen molar-refractivity contribution in [2.24, 2.45) is 23.2 Å². The van der Waals surface area contributed by atoms with E-state index in [1.165, 1.54) is 28.0 Å². The number of hydrogen-bond acceptors (Lipinski definition) is 4. The summed E-state index contributed by atoms with van der Waals surface area (Å²) in [5.41, 5.74) is 6.53. The van der Waals surface area contributed by atoms with E-state index in [2.05, 4.69) is 56.3 Å². The zero-order valence-corrected chi connectivity index (χ0v) is 20.1. The fourth-order valence-corrected chi connectivity index (χ4v) is 7.44. The highest BCUT2D eigenvalue weighted by Gasteiger charge is 2.58. The molecule has 2 N–H and O–H groups in total. The summed E-state index contributed by atoms with van der Waals surface area (Å²) in [6, 6.07) is 8.92. The number of aliphatic hydroxyl groups is 2. The molecule has 4 aliphatic rings. The molecule has 4 nitrogen and oxygen atoms in total. The zero-order valence-electron chi connectivity index (χ0n) is 20.1. The predicted octanol–water partition coefficient (Wildman–Crippen LogP) is 4.79. The molecule has 0 aliphatic heterocycles. The lowest BCUT2D eigenvalue weighted by atomic mass is 9.50. The molecular formula is C29H37NO3. The number of hydrogen-bond donors (Lipinski definition) is 2. The first-order valence-corrected chi connectivity index (χ1v) is 12.5. The lowest BCUT2D eigenvalue weighted by molar-refractivity contribution is -0.114. The van der Waals surface area contributed by atoms with E-state index in [-0.39, 0.29) is 35.7 Å². The first-order chi connectivity index (χ1) is 15.8. The SMILES string of the molecule is CN(C)c1ccc(C2C[C@]3(C)[C@@H](O)CC[C@H]3[C@H]3C2=C2CCC(=O)C=C2C[C@H]3/C=C\CO)cc1. The maximum Gasteiger partial charge on any atom is 0.156 e. The van der Waals surface area contributed by atoms with E-state index in [9.17, 15) is 15.0 Å². The fraction of sp³-hybridized carbons (Fsp3) is 0.552. The second-order valence-corrected chi connectivity index (χ2v) is 11.0. The lowest BCUT2D eigenvalue weighted by Crippen LogP contribution is -2.47. The zero-order chi connectivity index (χ0) is 23.3. The number of aliphatic hydroxyl groups excluding tert-OH is 2. The van der Waals surface area contributed by atoms with Gasteiger partial charge in [-0.05, 0) is 90.2 Å². The van der Waals surface area contributed by atoms with Crippen molar-refractivity contribution in [2.75, 3.05) is 25.6 Å². The van der Waals surface area contributed by atoms with Gasteiger partial charge in [0.15, 0.2) is 5.78 Å². The van der Waals surface area contributed by atoms with Crippen LogP contribution < -0.4 is 4.90 Å². The van der Waals surface area contributed by atoms with Crippen molar-refractivity contribution in [2.45, 2.75) is 57.5 Å². The van der Waals surface area contributed by atoms with Gasteiger partial charge >= 0.3 is 0 Å². The van der Waals surface area contributed by atoms with Crippen LogP contribution in [0.4, 0.5) is 5.69 Å². The summed E-state index contributed by atoms with van der Waals surface area (Å²) in [6.45, 7) is 2.34. The number of benzene rings is 1. The number of carbonyl (C=O) groups is 1. The van der Waals surface area contributed by atoms with E-state index in [0.29, 0.717) is 18.3 Å². The molecule has 1 aromatic rings. The molecule has 6 atom stereocenters. The Morgan fingerprint density at radius 2 is 1.91 bits per heavy atom. The molecule has 1 unspecified atom stereocenters. The molecular weight excluding hydrogens is 410 g/mol. The van der Waals surface area contributed by atoms with Crippen LogP contribution in [0, 0.1) is 23.2 Å². The van der Waals surface area contributed by atoms with Gasteiger partial charge in [-0.25, -0.2) is 0 Å². The molecule has 1 aromatic carbocycles. The molecule has 4 heteroatoms. The molecule has 0 bridgehead atoms. The van der Waals surface area contributed by atoms with Crippen LogP contribution >= 0.6 is 0 Å². The van der Waals surface area contributed by atoms with Crippen LogP contribution in [0.5, 0.6) is 0 Å². The van der Waals surface area contributed by atoms with Crippen molar-refractivity contribution in [1.82, 2.24) is 0 Å². The molecule has 0 saturated heterocycles. The minimum Gasteiger partial charge on any atom is -0.393 e. The Balaban J connectivity index is 1.69. The van der Waals surface area contributed by atoms with Crippen LogP contribution in [0.2, 0.25) is 0 Å².